The number of nitrogens with zero attached hydrogens (tertiary/aromatic N) is 4. The summed E-state index contributed by atoms with van der Waals surface area (Å²) in [6, 6.07) is 6.26. The van der Waals surface area contributed by atoms with Crippen LogP contribution >= 0.6 is 11.3 Å². The second kappa shape index (κ2) is 7.40. The quantitative estimate of drug-likeness (QED) is 0.844. The molecule has 0 radical (unpaired) electrons. The molecule has 2 aliphatic heterocycles. The number of aryl methyl sites for hydroxylation is 2. The van der Waals surface area contributed by atoms with Gasteiger partial charge in [0.05, 0.1) is 23.4 Å². The summed E-state index contributed by atoms with van der Waals surface area (Å²) in [5, 5.41) is 3.34. The summed E-state index contributed by atoms with van der Waals surface area (Å²) >= 11 is 1.74. The van der Waals surface area contributed by atoms with Crippen molar-refractivity contribution < 1.29 is 4.74 Å². The Balaban J connectivity index is 1.40. The zero-order chi connectivity index (χ0) is 17.2. The van der Waals surface area contributed by atoms with Crippen molar-refractivity contribution in [3.8, 4) is 0 Å². The Morgan fingerprint density at radius 1 is 1.20 bits per heavy atom. The molecular formula is C19H26N4OS. The number of rotatable bonds is 3. The number of pyridine rings is 1. The minimum absolute atomic E-state index is 0.304. The first-order valence-corrected chi connectivity index (χ1v) is 9.99. The highest BCUT2D eigenvalue weighted by Crippen LogP contribution is 2.27. The van der Waals surface area contributed by atoms with Gasteiger partial charge in [-0.3, -0.25) is 4.90 Å². The first-order chi connectivity index (χ1) is 12.2. The highest BCUT2D eigenvalue weighted by atomic mass is 32.1. The lowest BCUT2D eigenvalue weighted by atomic mass is 9.93. The molecule has 0 aromatic carbocycles. The summed E-state index contributed by atoms with van der Waals surface area (Å²) in [7, 11) is 0. The van der Waals surface area contributed by atoms with Crippen LogP contribution in [0.15, 0.2) is 23.6 Å². The molecule has 6 heteroatoms. The Morgan fingerprint density at radius 3 is 2.92 bits per heavy atom. The number of piperidine rings is 1. The van der Waals surface area contributed by atoms with Gasteiger partial charge in [0.15, 0.2) is 0 Å². The summed E-state index contributed by atoms with van der Waals surface area (Å²) in [5.74, 6) is 1.68. The normalized spacial score (nSPS) is 24.8. The van der Waals surface area contributed by atoms with E-state index < -0.39 is 0 Å². The van der Waals surface area contributed by atoms with Crippen LogP contribution in [0.1, 0.15) is 22.8 Å². The van der Waals surface area contributed by atoms with Gasteiger partial charge < -0.3 is 9.64 Å². The van der Waals surface area contributed by atoms with Gasteiger partial charge in [0.2, 0.25) is 0 Å². The lowest BCUT2D eigenvalue weighted by molar-refractivity contribution is 0.0251. The van der Waals surface area contributed by atoms with Gasteiger partial charge in [0, 0.05) is 49.7 Å². The van der Waals surface area contributed by atoms with Gasteiger partial charge in [-0.2, -0.15) is 0 Å². The van der Waals surface area contributed by atoms with Crippen LogP contribution in [-0.2, 0) is 11.3 Å². The van der Waals surface area contributed by atoms with Gasteiger partial charge >= 0.3 is 0 Å². The topological polar surface area (TPSA) is 41.5 Å². The predicted octanol–water partition coefficient (Wildman–Crippen LogP) is 2.88. The third-order valence-electron chi connectivity index (χ3n) is 5.18. The largest absolute Gasteiger partial charge is 0.375 e. The lowest BCUT2D eigenvalue weighted by Crippen LogP contribution is -2.47. The maximum atomic E-state index is 6.23. The van der Waals surface area contributed by atoms with Crippen molar-refractivity contribution in [3.05, 3.63) is 40.0 Å². The van der Waals surface area contributed by atoms with Crippen LogP contribution in [0.4, 0.5) is 5.82 Å². The molecule has 0 N–H and O–H groups in total. The number of anilines is 1. The molecule has 0 saturated carbocycles. The molecule has 0 aliphatic carbocycles. The van der Waals surface area contributed by atoms with Crippen molar-refractivity contribution in [2.75, 3.05) is 37.7 Å². The van der Waals surface area contributed by atoms with E-state index in [1.54, 1.807) is 11.3 Å². The summed E-state index contributed by atoms with van der Waals surface area (Å²) < 4.78 is 6.23. The highest BCUT2D eigenvalue weighted by molar-refractivity contribution is 7.09. The van der Waals surface area contributed by atoms with Gasteiger partial charge in [-0.15, -0.1) is 11.3 Å². The van der Waals surface area contributed by atoms with Crippen LogP contribution in [0.5, 0.6) is 0 Å². The molecule has 4 heterocycles. The van der Waals surface area contributed by atoms with Crippen molar-refractivity contribution >= 4 is 17.2 Å². The van der Waals surface area contributed by atoms with Gasteiger partial charge in [0.1, 0.15) is 5.82 Å². The zero-order valence-electron chi connectivity index (χ0n) is 15.0. The molecule has 2 aliphatic rings. The molecule has 4 rings (SSSR count). The maximum absolute atomic E-state index is 6.23. The van der Waals surface area contributed by atoms with Crippen molar-refractivity contribution in [1.29, 1.82) is 0 Å². The number of ether oxygens (including phenoxy) is 1. The van der Waals surface area contributed by atoms with E-state index in [-0.39, 0.29) is 0 Å². The molecule has 0 unspecified atom stereocenters. The van der Waals surface area contributed by atoms with Crippen LogP contribution in [-0.4, -0.2) is 53.8 Å². The van der Waals surface area contributed by atoms with E-state index in [4.69, 9.17) is 4.74 Å². The molecule has 2 aromatic rings. The minimum Gasteiger partial charge on any atom is -0.375 e. The Hall–Kier alpha value is -1.50. The fourth-order valence-corrected chi connectivity index (χ4v) is 4.49. The van der Waals surface area contributed by atoms with Gasteiger partial charge in [-0.25, -0.2) is 9.97 Å². The van der Waals surface area contributed by atoms with E-state index in [1.807, 2.05) is 0 Å². The SMILES string of the molecule is Cc1cccc(N2CC[C@H]3CN(Cc4csc(C)n4)CCO[C@H]3C2)n1. The van der Waals surface area contributed by atoms with Crippen molar-refractivity contribution in [2.45, 2.75) is 32.9 Å². The molecule has 134 valence electrons. The first kappa shape index (κ1) is 16.9. The lowest BCUT2D eigenvalue weighted by Gasteiger charge is -2.38. The van der Waals surface area contributed by atoms with Crippen LogP contribution in [0.25, 0.3) is 0 Å². The van der Waals surface area contributed by atoms with E-state index in [9.17, 15) is 0 Å². The van der Waals surface area contributed by atoms with Crippen LogP contribution in [0, 0.1) is 19.8 Å². The van der Waals surface area contributed by atoms with E-state index in [1.165, 1.54) is 5.69 Å². The average molecular weight is 359 g/mol. The maximum Gasteiger partial charge on any atom is 0.128 e. The number of fused-ring (bicyclic) bond motifs is 1. The Kier molecular flexibility index (Phi) is 5.01. The number of thiazole rings is 1. The summed E-state index contributed by atoms with van der Waals surface area (Å²) in [4.78, 5) is 14.2. The van der Waals surface area contributed by atoms with Gasteiger partial charge in [0.25, 0.3) is 0 Å². The van der Waals surface area contributed by atoms with Crippen LogP contribution in [0.2, 0.25) is 0 Å². The summed E-state index contributed by atoms with van der Waals surface area (Å²) in [5.41, 5.74) is 2.27. The molecular weight excluding hydrogens is 332 g/mol. The van der Waals surface area contributed by atoms with E-state index in [0.717, 1.165) is 62.3 Å². The summed E-state index contributed by atoms with van der Waals surface area (Å²) in [6.07, 6.45) is 1.46. The van der Waals surface area contributed by atoms with E-state index in [2.05, 4.69) is 57.2 Å². The molecule has 0 spiro atoms. The van der Waals surface area contributed by atoms with E-state index >= 15 is 0 Å². The highest BCUT2D eigenvalue weighted by Gasteiger charge is 2.34. The Morgan fingerprint density at radius 2 is 2.12 bits per heavy atom. The van der Waals surface area contributed by atoms with Crippen molar-refractivity contribution in [1.82, 2.24) is 14.9 Å². The smallest absolute Gasteiger partial charge is 0.128 e. The van der Waals surface area contributed by atoms with Crippen molar-refractivity contribution in [3.63, 3.8) is 0 Å². The molecule has 2 aromatic heterocycles. The standard InChI is InChI=1S/C19H26N4OS/c1-14-4-3-5-19(20-14)23-7-6-16-10-22(8-9-24-18(16)12-23)11-17-13-25-15(2)21-17/h3-5,13,16,18H,6-12H2,1-2H3/t16-,18-/m0/s1. The van der Waals surface area contributed by atoms with Crippen LogP contribution < -0.4 is 4.90 Å². The molecule has 0 amide bonds. The molecule has 2 saturated heterocycles. The summed E-state index contributed by atoms with van der Waals surface area (Å²) in [6.45, 7) is 9.98. The average Bonchev–Trinajstić information content (AvgIpc) is 2.89. The molecule has 5 nitrogen and oxygen atoms in total. The van der Waals surface area contributed by atoms with E-state index in [0.29, 0.717) is 12.0 Å². The second-order valence-electron chi connectivity index (χ2n) is 7.13. The molecule has 2 fully saturated rings. The predicted molar refractivity (Wildman–Crippen MR) is 101 cm³/mol. The van der Waals surface area contributed by atoms with Crippen LogP contribution in [0.3, 0.4) is 0 Å². The second-order valence-corrected chi connectivity index (χ2v) is 8.20. The third-order valence-corrected chi connectivity index (χ3v) is 6.00. The fourth-order valence-electron chi connectivity index (χ4n) is 3.89. The molecule has 0 bridgehead atoms. The molecule has 2 atom stereocenters. The minimum atomic E-state index is 0.304. The number of hydrogen-bond acceptors (Lipinski definition) is 6. The Labute approximate surface area is 153 Å². The zero-order valence-corrected chi connectivity index (χ0v) is 15.8. The monoisotopic (exact) mass is 358 g/mol. The molecule has 25 heavy (non-hydrogen) atoms. The number of hydrogen-bond donors (Lipinski definition) is 0. The third kappa shape index (κ3) is 4.02. The fraction of sp³-hybridized carbons (Fsp3) is 0.579. The van der Waals surface area contributed by atoms with Gasteiger partial charge in [-0.1, -0.05) is 6.07 Å². The van der Waals surface area contributed by atoms with Gasteiger partial charge in [-0.05, 0) is 32.4 Å². The first-order valence-electron chi connectivity index (χ1n) is 9.11. The Bertz CT molecular complexity index is 719. The van der Waals surface area contributed by atoms with Crippen molar-refractivity contribution in [2.24, 2.45) is 5.92 Å². The number of aromatic nitrogens is 2.